The van der Waals surface area contributed by atoms with Gasteiger partial charge in [0.25, 0.3) is 0 Å². The van der Waals surface area contributed by atoms with E-state index in [1.165, 1.54) is 0 Å². The quantitative estimate of drug-likeness (QED) is 0.391. The second kappa shape index (κ2) is 3.26. The molecule has 0 aliphatic carbocycles. The van der Waals surface area contributed by atoms with E-state index in [4.69, 9.17) is 22.3 Å². The lowest BCUT2D eigenvalue weighted by Crippen LogP contribution is -2.20. The molecule has 4 nitrogen and oxygen atoms in total. The Labute approximate surface area is 76.6 Å². The molecule has 68 valence electrons. The van der Waals surface area contributed by atoms with Crippen LogP contribution in [-0.2, 0) is 0 Å². The van der Waals surface area contributed by atoms with E-state index in [1.807, 2.05) is 13.0 Å². The zero-order valence-electron chi connectivity index (χ0n) is 7.39. The van der Waals surface area contributed by atoms with E-state index in [0.717, 1.165) is 5.56 Å². The third-order valence-electron chi connectivity index (χ3n) is 1.76. The Morgan fingerprint density at radius 2 is 1.62 bits per heavy atom. The Morgan fingerprint density at radius 3 is 2.08 bits per heavy atom. The molecule has 0 aromatic heterocycles. The largest absolute Gasteiger partial charge is 0.384 e. The molecule has 0 fully saturated rings. The third-order valence-corrected chi connectivity index (χ3v) is 1.76. The highest BCUT2D eigenvalue weighted by molar-refractivity contribution is 6.08. The van der Waals surface area contributed by atoms with Gasteiger partial charge in [0, 0.05) is 11.1 Å². The molecule has 0 atom stereocenters. The lowest BCUT2D eigenvalue weighted by atomic mass is 10.0. The summed E-state index contributed by atoms with van der Waals surface area (Å²) in [5, 5.41) is 14.6. The Kier molecular flexibility index (Phi) is 2.32. The molecule has 0 aliphatic heterocycles. The first-order valence-electron chi connectivity index (χ1n) is 3.82. The summed E-state index contributed by atoms with van der Waals surface area (Å²) in [5.74, 6) is -0.126. The Hall–Kier alpha value is -1.84. The number of aryl methyl sites for hydroxylation is 1. The zero-order chi connectivity index (χ0) is 10.0. The number of nitrogen functional groups attached to an aromatic ring is 2. The number of hydrogen-bond acceptors (Lipinski definition) is 2. The van der Waals surface area contributed by atoms with Gasteiger partial charge in [-0.05, 0) is 13.0 Å². The van der Waals surface area contributed by atoms with Crippen molar-refractivity contribution in [3.8, 4) is 0 Å². The van der Waals surface area contributed by atoms with Crippen molar-refractivity contribution in [3.63, 3.8) is 0 Å². The first-order chi connectivity index (χ1) is 6.02. The van der Waals surface area contributed by atoms with Crippen molar-refractivity contribution in [2.45, 2.75) is 6.92 Å². The highest BCUT2D eigenvalue weighted by atomic mass is 14.7. The van der Waals surface area contributed by atoms with Gasteiger partial charge in [-0.1, -0.05) is 17.7 Å². The zero-order valence-corrected chi connectivity index (χ0v) is 7.39. The monoisotopic (exact) mass is 176 g/mol. The fourth-order valence-electron chi connectivity index (χ4n) is 1.12. The highest BCUT2D eigenvalue weighted by Gasteiger charge is 2.07. The fraction of sp³-hybridized carbons (Fsp3) is 0.111. The maximum absolute atomic E-state index is 7.29. The lowest BCUT2D eigenvalue weighted by Gasteiger charge is -2.06. The Bertz CT molecular complexity index is 368. The summed E-state index contributed by atoms with van der Waals surface area (Å²) in [5.41, 5.74) is 12.7. The van der Waals surface area contributed by atoms with E-state index in [9.17, 15) is 0 Å². The minimum absolute atomic E-state index is 0.0612. The molecular formula is C9H12N4. The van der Waals surface area contributed by atoms with Gasteiger partial charge in [0.2, 0.25) is 0 Å². The van der Waals surface area contributed by atoms with Crippen LogP contribution in [-0.4, -0.2) is 11.7 Å². The molecule has 1 aromatic rings. The number of benzene rings is 1. The second-order valence-corrected chi connectivity index (χ2v) is 2.88. The minimum Gasteiger partial charge on any atom is -0.384 e. The van der Waals surface area contributed by atoms with Crippen LogP contribution in [0.25, 0.3) is 0 Å². The molecule has 0 bridgehead atoms. The van der Waals surface area contributed by atoms with Gasteiger partial charge < -0.3 is 11.5 Å². The molecule has 0 aliphatic rings. The van der Waals surface area contributed by atoms with Crippen molar-refractivity contribution >= 4 is 11.7 Å². The van der Waals surface area contributed by atoms with Crippen molar-refractivity contribution in [1.82, 2.24) is 0 Å². The van der Waals surface area contributed by atoms with Gasteiger partial charge in [0.1, 0.15) is 11.7 Å². The van der Waals surface area contributed by atoms with E-state index in [2.05, 4.69) is 0 Å². The molecule has 13 heavy (non-hydrogen) atoms. The summed E-state index contributed by atoms with van der Waals surface area (Å²) in [6, 6.07) is 5.29. The van der Waals surface area contributed by atoms with Crippen molar-refractivity contribution in [1.29, 1.82) is 10.8 Å². The number of rotatable bonds is 2. The molecule has 0 radical (unpaired) electrons. The molecule has 0 spiro atoms. The molecule has 4 heteroatoms. The molecule has 0 heterocycles. The normalized spacial score (nSPS) is 9.62. The van der Waals surface area contributed by atoms with Gasteiger partial charge in [0.05, 0.1) is 0 Å². The number of nitrogens with one attached hydrogen (secondary N) is 2. The average Bonchev–Trinajstić information content (AvgIpc) is 2.03. The number of hydrogen-bond donors (Lipinski definition) is 4. The summed E-state index contributed by atoms with van der Waals surface area (Å²) in [7, 11) is 0. The fourth-order valence-corrected chi connectivity index (χ4v) is 1.12. The molecule has 1 aromatic carbocycles. The van der Waals surface area contributed by atoms with E-state index < -0.39 is 0 Å². The standard InChI is InChI=1S/C9H12N4/c1-5-2-3-6(8(10)11)7(4-5)9(12)13/h2-4H,1H3,(H3,10,11)(H3,12,13). The van der Waals surface area contributed by atoms with Crippen molar-refractivity contribution in [3.05, 3.63) is 34.9 Å². The number of nitrogens with two attached hydrogens (primary N) is 2. The average molecular weight is 176 g/mol. The summed E-state index contributed by atoms with van der Waals surface area (Å²) >= 11 is 0. The van der Waals surface area contributed by atoms with Crippen molar-refractivity contribution in [2.24, 2.45) is 11.5 Å². The molecule has 0 amide bonds. The predicted molar refractivity (Wildman–Crippen MR) is 53.2 cm³/mol. The van der Waals surface area contributed by atoms with Crippen LogP contribution in [0.1, 0.15) is 16.7 Å². The van der Waals surface area contributed by atoms with Crippen molar-refractivity contribution < 1.29 is 0 Å². The summed E-state index contributed by atoms with van der Waals surface area (Å²) in [6.45, 7) is 1.90. The smallest absolute Gasteiger partial charge is 0.123 e. The van der Waals surface area contributed by atoms with E-state index in [1.54, 1.807) is 12.1 Å². The lowest BCUT2D eigenvalue weighted by molar-refractivity contribution is 1.35. The van der Waals surface area contributed by atoms with Crippen molar-refractivity contribution in [2.75, 3.05) is 0 Å². The Morgan fingerprint density at radius 1 is 1.08 bits per heavy atom. The second-order valence-electron chi connectivity index (χ2n) is 2.88. The summed E-state index contributed by atoms with van der Waals surface area (Å²) in [6.07, 6.45) is 0. The topological polar surface area (TPSA) is 99.7 Å². The maximum atomic E-state index is 7.29. The summed E-state index contributed by atoms with van der Waals surface area (Å²) in [4.78, 5) is 0. The first-order valence-corrected chi connectivity index (χ1v) is 3.82. The predicted octanol–water partition coefficient (Wildman–Crippen LogP) is 0.563. The van der Waals surface area contributed by atoms with Gasteiger partial charge in [-0.2, -0.15) is 0 Å². The van der Waals surface area contributed by atoms with Crippen LogP contribution in [0.4, 0.5) is 0 Å². The van der Waals surface area contributed by atoms with Crippen LogP contribution in [0.2, 0.25) is 0 Å². The Balaban J connectivity index is 3.35. The van der Waals surface area contributed by atoms with E-state index in [0.29, 0.717) is 11.1 Å². The number of amidine groups is 2. The molecule has 0 saturated heterocycles. The third kappa shape index (κ3) is 1.84. The van der Waals surface area contributed by atoms with E-state index >= 15 is 0 Å². The van der Waals surface area contributed by atoms with Gasteiger partial charge in [0.15, 0.2) is 0 Å². The highest BCUT2D eigenvalue weighted by Crippen LogP contribution is 2.10. The van der Waals surface area contributed by atoms with Gasteiger partial charge in [-0.15, -0.1) is 0 Å². The molecule has 6 N–H and O–H groups in total. The molecule has 0 unspecified atom stereocenters. The molecule has 0 saturated carbocycles. The minimum atomic E-state index is -0.0646. The van der Waals surface area contributed by atoms with Crippen LogP contribution in [0.15, 0.2) is 18.2 Å². The SMILES string of the molecule is Cc1ccc(C(=N)N)c(C(=N)N)c1. The van der Waals surface area contributed by atoms with Crippen LogP contribution in [0.3, 0.4) is 0 Å². The van der Waals surface area contributed by atoms with Crippen LogP contribution < -0.4 is 11.5 Å². The summed E-state index contributed by atoms with van der Waals surface area (Å²) < 4.78 is 0. The van der Waals surface area contributed by atoms with Gasteiger partial charge >= 0.3 is 0 Å². The molecular weight excluding hydrogens is 164 g/mol. The van der Waals surface area contributed by atoms with E-state index in [-0.39, 0.29) is 11.7 Å². The van der Waals surface area contributed by atoms with Crippen LogP contribution in [0.5, 0.6) is 0 Å². The van der Waals surface area contributed by atoms with Gasteiger partial charge in [-0.25, -0.2) is 0 Å². The maximum Gasteiger partial charge on any atom is 0.123 e. The van der Waals surface area contributed by atoms with Gasteiger partial charge in [-0.3, -0.25) is 10.8 Å². The first kappa shape index (κ1) is 9.25. The molecule has 1 rings (SSSR count). The van der Waals surface area contributed by atoms with Crippen LogP contribution in [0, 0.1) is 17.7 Å². The van der Waals surface area contributed by atoms with Crippen LogP contribution >= 0.6 is 0 Å².